The van der Waals surface area contributed by atoms with Gasteiger partial charge in [0.2, 0.25) is 0 Å². The largest absolute Gasteiger partial charge is 0.491 e. The van der Waals surface area contributed by atoms with Crippen LogP contribution in [0.5, 0.6) is 0 Å². The van der Waals surface area contributed by atoms with Crippen LogP contribution in [0.25, 0.3) is 5.76 Å². The van der Waals surface area contributed by atoms with Gasteiger partial charge in [0.25, 0.3) is 0 Å². The van der Waals surface area contributed by atoms with Gasteiger partial charge in [-0.3, -0.25) is 0 Å². The third kappa shape index (κ3) is 6.32. The Labute approximate surface area is 127 Å². The first-order valence-electron chi connectivity index (χ1n) is 7.08. The van der Waals surface area contributed by atoms with Crippen molar-refractivity contribution in [2.45, 2.75) is 26.4 Å². The molecule has 1 atom stereocenters. The van der Waals surface area contributed by atoms with Gasteiger partial charge in [0.05, 0.1) is 0 Å². The molecule has 3 heteroatoms. The molecule has 3 nitrogen and oxygen atoms in total. The normalized spacial score (nSPS) is 12.6. The van der Waals surface area contributed by atoms with E-state index in [0.717, 1.165) is 23.3 Å². The highest BCUT2D eigenvalue weighted by Gasteiger charge is 2.09. The van der Waals surface area contributed by atoms with E-state index in [1.165, 1.54) is 0 Å². The number of hydrogen-bond acceptors (Lipinski definition) is 3. The van der Waals surface area contributed by atoms with E-state index >= 15 is 0 Å². The van der Waals surface area contributed by atoms with Crippen LogP contribution in [-0.2, 0) is 9.47 Å². The maximum Gasteiger partial charge on any atom is 0.122 e. The number of hydrogen-bond donors (Lipinski definition) is 1. The summed E-state index contributed by atoms with van der Waals surface area (Å²) in [6.45, 7) is 11.6. The fraction of sp³-hybridized carbons (Fsp3) is 0.333. The number of allylic oxidation sites excluding steroid dienone is 2. The molecule has 21 heavy (non-hydrogen) atoms. The van der Waals surface area contributed by atoms with E-state index in [4.69, 9.17) is 9.47 Å². The monoisotopic (exact) mass is 288 g/mol. The topological polar surface area (TPSA) is 38.7 Å². The molecule has 0 aliphatic carbocycles. The summed E-state index contributed by atoms with van der Waals surface area (Å²) in [5, 5.41) is 9.90. The van der Waals surface area contributed by atoms with E-state index in [-0.39, 0.29) is 13.2 Å². The number of aliphatic hydroxyl groups is 1. The van der Waals surface area contributed by atoms with Crippen molar-refractivity contribution >= 4 is 5.76 Å². The van der Waals surface area contributed by atoms with Crippen LogP contribution in [-0.4, -0.2) is 24.4 Å². The van der Waals surface area contributed by atoms with E-state index < -0.39 is 6.10 Å². The predicted octanol–water partition coefficient (Wildman–Crippen LogP) is 3.92. The number of rotatable bonds is 9. The molecule has 0 aliphatic heterocycles. The molecule has 114 valence electrons. The lowest BCUT2D eigenvalue weighted by atomic mass is 10.1. The van der Waals surface area contributed by atoms with Crippen molar-refractivity contribution in [2.24, 2.45) is 0 Å². The van der Waals surface area contributed by atoms with Gasteiger partial charge in [-0.25, -0.2) is 0 Å². The highest BCUT2D eigenvalue weighted by Crippen LogP contribution is 2.17. The van der Waals surface area contributed by atoms with Crippen LogP contribution in [0, 0.1) is 0 Å². The zero-order chi connectivity index (χ0) is 15.7. The smallest absolute Gasteiger partial charge is 0.122 e. The van der Waals surface area contributed by atoms with Gasteiger partial charge in [0, 0.05) is 5.56 Å². The fourth-order valence-corrected chi connectivity index (χ4v) is 1.60. The average molecular weight is 288 g/mol. The number of aliphatic hydroxyl groups excluding tert-OH is 1. The SMILES string of the molecule is C=C(C)C(=C)OCC(O)CO/C(=C\CC)c1ccccc1. The van der Waals surface area contributed by atoms with Gasteiger partial charge in [-0.05, 0) is 25.0 Å². The van der Waals surface area contributed by atoms with Crippen molar-refractivity contribution in [3.8, 4) is 0 Å². The number of ether oxygens (including phenoxy) is 2. The van der Waals surface area contributed by atoms with Gasteiger partial charge in [0.1, 0.15) is 30.8 Å². The molecular weight excluding hydrogens is 264 g/mol. The van der Waals surface area contributed by atoms with E-state index in [1.807, 2.05) is 50.3 Å². The van der Waals surface area contributed by atoms with Gasteiger partial charge in [-0.1, -0.05) is 50.4 Å². The Bertz CT molecular complexity index is 488. The maximum atomic E-state index is 9.90. The predicted molar refractivity (Wildman–Crippen MR) is 86.6 cm³/mol. The minimum absolute atomic E-state index is 0.139. The minimum atomic E-state index is -0.718. The Morgan fingerprint density at radius 3 is 2.38 bits per heavy atom. The van der Waals surface area contributed by atoms with Crippen LogP contribution < -0.4 is 0 Å². The second kappa shape index (κ2) is 9.03. The van der Waals surface area contributed by atoms with Crippen molar-refractivity contribution in [3.05, 3.63) is 66.5 Å². The third-order valence-corrected chi connectivity index (χ3v) is 2.81. The van der Waals surface area contributed by atoms with E-state index in [9.17, 15) is 5.11 Å². The summed E-state index contributed by atoms with van der Waals surface area (Å²) in [6.07, 6.45) is 2.14. The fourth-order valence-electron chi connectivity index (χ4n) is 1.60. The lowest BCUT2D eigenvalue weighted by Gasteiger charge is -2.16. The van der Waals surface area contributed by atoms with Gasteiger partial charge < -0.3 is 14.6 Å². The molecule has 0 spiro atoms. The van der Waals surface area contributed by atoms with Crippen molar-refractivity contribution in [3.63, 3.8) is 0 Å². The van der Waals surface area contributed by atoms with Crippen molar-refractivity contribution < 1.29 is 14.6 Å². The molecule has 0 heterocycles. The van der Waals surface area contributed by atoms with Crippen LogP contribution in [0.2, 0.25) is 0 Å². The van der Waals surface area contributed by atoms with Crippen molar-refractivity contribution in [1.82, 2.24) is 0 Å². The third-order valence-electron chi connectivity index (χ3n) is 2.81. The maximum absolute atomic E-state index is 9.90. The van der Waals surface area contributed by atoms with E-state index in [0.29, 0.717) is 5.76 Å². The Morgan fingerprint density at radius 2 is 1.81 bits per heavy atom. The quantitative estimate of drug-likeness (QED) is 0.553. The second-order valence-corrected chi connectivity index (χ2v) is 4.82. The van der Waals surface area contributed by atoms with E-state index in [2.05, 4.69) is 13.2 Å². The van der Waals surface area contributed by atoms with E-state index in [1.54, 1.807) is 0 Å². The summed E-state index contributed by atoms with van der Waals surface area (Å²) in [7, 11) is 0. The Hall–Kier alpha value is -2.00. The van der Waals surface area contributed by atoms with Gasteiger partial charge >= 0.3 is 0 Å². The average Bonchev–Trinajstić information content (AvgIpc) is 2.49. The van der Waals surface area contributed by atoms with Gasteiger partial charge in [-0.15, -0.1) is 0 Å². The Balaban J connectivity index is 2.49. The lowest BCUT2D eigenvalue weighted by molar-refractivity contribution is 0.0320. The van der Waals surface area contributed by atoms with Crippen LogP contribution in [0.15, 0.2) is 60.9 Å². The highest BCUT2D eigenvalue weighted by molar-refractivity contribution is 5.59. The van der Waals surface area contributed by atoms with Crippen LogP contribution in [0.4, 0.5) is 0 Å². The molecule has 1 unspecified atom stereocenters. The summed E-state index contributed by atoms with van der Waals surface area (Å²) >= 11 is 0. The van der Waals surface area contributed by atoms with Gasteiger partial charge in [-0.2, -0.15) is 0 Å². The van der Waals surface area contributed by atoms with Crippen LogP contribution in [0.3, 0.4) is 0 Å². The summed E-state index contributed by atoms with van der Waals surface area (Å²) in [4.78, 5) is 0. The molecular formula is C18H24O3. The Morgan fingerprint density at radius 1 is 1.19 bits per heavy atom. The summed E-state index contributed by atoms with van der Waals surface area (Å²) in [5.41, 5.74) is 1.75. The zero-order valence-electron chi connectivity index (χ0n) is 12.8. The molecule has 0 radical (unpaired) electrons. The Kier molecular flexibility index (Phi) is 7.33. The van der Waals surface area contributed by atoms with Gasteiger partial charge in [0.15, 0.2) is 0 Å². The molecule has 1 N–H and O–H groups in total. The second-order valence-electron chi connectivity index (χ2n) is 4.82. The summed E-state index contributed by atoms with van der Waals surface area (Å²) in [5.74, 6) is 1.26. The molecule has 0 aliphatic rings. The zero-order valence-corrected chi connectivity index (χ0v) is 12.8. The van der Waals surface area contributed by atoms with Crippen LogP contribution in [0.1, 0.15) is 25.8 Å². The lowest BCUT2D eigenvalue weighted by Crippen LogP contribution is -2.21. The number of benzene rings is 1. The molecule has 1 aromatic carbocycles. The summed E-state index contributed by atoms with van der Waals surface area (Å²) < 4.78 is 11.0. The molecule has 1 rings (SSSR count). The summed E-state index contributed by atoms with van der Waals surface area (Å²) in [6, 6.07) is 9.83. The molecule has 0 saturated heterocycles. The highest BCUT2D eigenvalue weighted by atomic mass is 16.5. The molecule has 0 aromatic heterocycles. The molecule has 0 fully saturated rings. The van der Waals surface area contributed by atoms with Crippen molar-refractivity contribution in [2.75, 3.05) is 13.2 Å². The molecule has 0 saturated carbocycles. The first-order valence-corrected chi connectivity index (χ1v) is 7.08. The standard InChI is InChI=1S/C18H24O3/c1-5-9-18(16-10-7-6-8-11-16)21-13-17(19)12-20-15(4)14(2)3/h6-11,17,19H,2,4-5,12-13H2,1,3H3/b18-9-. The first kappa shape index (κ1) is 17.1. The minimum Gasteiger partial charge on any atom is -0.491 e. The molecule has 0 bridgehead atoms. The molecule has 0 amide bonds. The van der Waals surface area contributed by atoms with Crippen LogP contribution >= 0.6 is 0 Å². The van der Waals surface area contributed by atoms with Crippen molar-refractivity contribution in [1.29, 1.82) is 0 Å². The first-order chi connectivity index (χ1) is 10.0. The molecule has 1 aromatic rings.